The summed E-state index contributed by atoms with van der Waals surface area (Å²) in [5.74, 6) is 0.801. The van der Waals surface area contributed by atoms with Crippen LogP contribution in [0.3, 0.4) is 0 Å². The van der Waals surface area contributed by atoms with Gasteiger partial charge in [0.2, 0.25) is 0 Å². The highest BCUT2D eigenvalue weighted by Crippen LogP contribution is 2.37. The largest absolute Gasteiger partial charge is 0.265 e. The summed E-state index contributed by atoms with van der Waals surface area (Å²) >= 11 is 1.79. The molecule has 0 aromatic carbocycles. The van der Waals surface area contributed by atoms with E-state index in [1.54, 1.807) is 36.3 Å². The molecule has 1 aliphatic rings. The fourth-order valence-electron chi connectivity index (χ4n) is 2.79. The van der Waals surface area contributed by atoms with Crippen LogP contribution in [0.1, 0.15) is 28.8 Å². The number of pyridine rings is 1. The third kappa shape index (κ3) is 2.46. The fourth-order valence-corrected chi connectivity index (χ4v) is 4.02. The van der Waals surface area contributed by atoms with Crippen molar-refractivity contribution in [2.24, 2.45) is 5.10 Å². The second-order valence-electron chi connectivity index (χ2n) is 5.26. The van der Waals surface area contributed by atoms with Gasteiger partial charge >= 0.3 is 0 Å². The summed E-state index contributed by atoms with van der Waals surface area (Å²) in [6.07, 6.45) is 11.7. The molecule has 6 heteroatoms. The SMILES string of the molecule is C(=N\Nc1ncnc2sc3c(c12)CCCC3)/c1ccncc1. The van der Waals surface area contributed by atoms with Gasteiger partial charge in [0.05, 0.1) is 11.6 Å². The molecular weight excluding hydrogens is 294 g/mol. The summed E-state index contributed by atoms with van der Waals surface area (Å²) in [5, 5.41) is 5.45. The molecule has 0 radical (unpaired) electrons. The molecule has 3 aromatic rings. The average molecular weight is 309 g/mol. The maximum atomic E-state index is 4.42. The number of aromatic nitrogens is 3. The van der Waals surface area contributed by atoms with Crippen molar-refractivity contribution >= 4 is 33.6 Å². The molecule has 4 rings (SSSR count). The van der Waals surface area contributed by atoms with Gasteiger partial charge < -0.3 is 0 Å². The number of hydrogen-bond donors (Lipinski definition) is 1. The molecule has 5 nitrogen and oxygen atoms in total. The Morgan fingerprint density at radius 2 is 2.00 bits per heavy atom. The summed E-state index contributed by atoms with van der Waals surface area (Å²) in [6, 6.07) is 3.82. The Kier molecular flexibility index (Phi) is 3.52. The topological polar surface area (TPSA) is 63.1 Å². The van der Waals surface area contributed by atoms with Gasteiger partial charge in [-0.3, -0.25) is 10.4 Å². The van der Waals surface area contributed by atoms with Crippen LogP contribution >= 0.6 is 11.3 Å². The van der Waals surface area contributed by atoms with Crippen LogP contribution in [-0.4, -0.2) is 21.2 Å². The van der Waals surface area contributed by atoms with Crippen molar-refractivity contribution in [3.63, 3.8) is 0 Å². The number of thiophene rings is 1. The molecule has 0 atom stereocenters. The number of hydrogen-bond acceptors (Lipinski definition) is 6. The number of anilines is 1. The van der Waals surface area contributed by atoms with E-state index in [9.17, 15) is 0 Å². The van der Waals surface area contributed by atoms with Crippen molar-refractivity contribution in [3.8, 4) is 0 Å². The van der Waals surface area contributed by atoms with Crippen molar-refractivity contribution in [1.29, 1.82) is 0 Å². The minimum absolute atomic E-state index is 0.801. The summed E-state index contributed by atoms with van der Waals surface area (Å²) in [6.45, 7) is 0. The lowest BCUT2D eigenvalue weighted by Gasteiger charge is -2.11. The molecule has 0 amide bonds. The van der Waals surface area contributed by atoms with Crippen LogP contribution in [0.4, 0.5) is 5.82 Å². The highest BCUT2D eigenvalue weighted by molar-refractivity contribution is 7.19. The Hall–Kier alpha value is -2.34. The highest BCUT2D eigenvalue weighted by Gasteiger charge is 2.19. The Morgan fingerprint density at radius 3 is 2.91 bits per heavy atom. The molecule has 0 bridgehead atoms. The van der Waals surface area contributed by atoms with Crippen LogP contribution in [0.5, 0.6) is 0 Å². The number of nitrogens with zero attached hydrogens (tertiary/aromatic N) is 4. The van der Waals surface area contributed by atoms with E-state index >= 15 is 0 Å². The minimum atomic E-state index is 0.801. The Bertz CT molecular complexity index is 825. The van der Waals surface area contributed by atoms with Gasteiger partial charge in [0.1, 0.15) is 11.2 Å². The molecule has 0 saturated carbocycles. The first-order valence-electron chi connectivity index (χ1n) is 7.36. The third-order valence-electron chi connectivity index (χ3n) is 3.84. The molecule has 0 aliphatic heterocycles. The number of rotatable bonds is 3. The van der Waals surface area contributed by atoms with E-state index in [0.29, 0.717) is 0 Å². The predicted molar refractivity (Wildman–Crippen MR) is 89.5 cm³/mol. The quantitative estimate of drug-likeness (QED) is 0.595. The van der Waals surface area contributed by atoms with Gasteiger partial charge in [0.25, 0.3) is 0 Å². The smallest absolute Gasteiger partial charge is 0.158 e. The lowest BCUT2D eigenvalue weighted by Crippen LogP contribution is -2.00. The Labute approximate surface area is 132 Å². The molecule has 110 valence electrons. The van der Waals surface area contributed by atoms with Gasteiger partial charge in [-0.1, -0.05) is 0 Å². The van der Waals surface area contributed by atoms with E-state index in [0.717, 1.165) is 34.4 Å². The van der Waals surface area contributed by atoms with Crippen molar-refractivity contribution in [1.82, 2.24) is 15.0 Å². The number of aryl methyl sites for hydroxylation is 2. The molecule has 1 aliphatic carbocycles. The van der Waals surface area contributed by atoms with Crippen LogP contribution in [0.25, 0.3) is 10.2 Å². The van der Waals surface area contributed by atoms with Gasteiger partial charge in [0, 0.05) is 17.3 Å². The van der Waals surface area contributed by atoms with Gasteiger partial charge in [-0.2, -0.15) is 5.10 Å². The van der Waals surface area contributed by atoms with Gasteiger partial charge in [-0.05, 0) is 48.9 Å². The number of fused-ring (bicyclic) bond motifs is 3. The molecule has 3 heterocycles. The van der Waals surface area contributed by atoms with Crippen LogP contribution < -0.4 is 5.43 Å². The second kappa shape index (κ2) is 5.81. The first-order valence-corrected chi connectivity index (χ1v) is 8.18. The minimum Gasteiger partial charge on any atom is -0.265 e. The van der Waals surface area contributed by atoms with E-state index < -0.39 is 0 Å². The maximum Gasteiger partial charge on any atom is 0.158 e. The van der Waals surface area contributed by atoms with E-state index in [1.165, 1.54) is 23.3 Å². The summed E-state index contributed by atoms with van der Waals surface area (Å²) in [4.78, 5) is 15.3. The van der Waals surface area contributed by atoms with Crippen LogP contribution in [-0.2, 0) is 12.8 Å². The second-order valence-corrected chi connectivity index (χ2v) is 6.35. The molecule has 0 fully saturated rings. The lowest BCUT2D eigenvalue weighted by molar-refractivity contribution is 0.700. The fraction of sp³-hybridized carbons (Fsp3) is 0.250. The molecule has 1 N–H and O–H groups in total. The van der Waals surface area contributed by atoms with Crippen LogP contribution in [0.2, 0.25) is 0 Å². The van der Waals surface area contributed by atoms with Gasteiger partial charge in [-0.15, -0.1) is 11.3 Å². The van der Waals surface area contributed by atoms with Gasteiger partial charge in [0.15, 0.2) is 5.82 Å². The summed E-state index contributed by atoms with van der Waals surface area (Å²) in [7, 11) is 0. The van der Waals surface area contributed by atoms with Crippen molar-refractivity contribution in [3.05, 3.63) is 46.9 Å². The van der Waals surface area contributed by atoms with E-state index in [1.807, 2.05) is 12.1 Å². The van der Waals surface area contributed by atoms with E-state index in [2.05, 4.69) is 25.5 Å². The standard InChI is InChI=1S/C16H15N5S/c1-2-4-13-12(3-1)14-15(18-10-19-16(14)22-13)21-20-9-11-5-7-17-8-6-11/h5-10H,1-4H2,(H,18,19,21)/b20-9+. The van der Waals surface area contributed by atoms with Crippen molar-refractivity contribution in [2.45, 2.75) is 25.7 Å². The molecule has 0 saturated heterocycles. The maximum absolute atomic E-state index is 4.42. The van der Waals surface area contributed by atoms with Crippen LogP contribution in [0, 0.1) is 0 Å². The number of nitrogens with one attached hydrogen (secondary N) is 1. The lowest BCUT2D eigenvalue weighted by atomic mass is 9.97. The van der Waals surface area contributed by atoms with Crippen molar-refractivity contribution < 1.29 is 0 Å². The van der Waals surface area contributed by atoms with Crippen LogP contribution in [0.15, 0.2) is 36.0 Å². The Morgan fingerprint density at radius 1 is 1.14 bits per heavy atom. The van der Waals surface area contributed by atoms with E-state index in [4.69, 9.17) is 0 Å². The molecule has 3 aromatic heterocycles. The zero-order valence-electron chi connectivity index (χ0n) is 12.0. The normalized spacial score (nSPS) is 14.4. The average Bonchev–Trinajstić information content (AvgIpc) is 2.95. The molecule has 22 heavy (non-hydrogen) atoms. The summed E-state index contributed by atoms with van der Waals surface area (Å²) in [5.41, 5.74) is 5.49. The number of hydrazone groups is 1. The monoisotopic (exact) mass is 309 g/mol. The Balaban J connectivity index is 1.67. The van der Waals surface area contributed by atoms with E-state index in [-0.39, 0.29) is 0 Å². The first kappa shape index (κ1) is 13.3. The molecule has 0 spiro atoms. The van der Waals surface area contributed by atoms with Gasteiger partial charge in [-0.25, -0.2) is 9.97 Å². The third-order valence-corrected chi connectivity index (χ3v) is 5.04. The van der Waals surface area contributed by atoms with Crippen molar-refractivity contribution in [2.75, 3.05) is 5.43 Å². The molecule has 0 unspecified atom stereocenters. The highest BCUT2D eigenvalue weighted by atomic mass is 32.1. The summed E-state index contributed by atoms with van der Waals surface area (Å²) < 4.78 is 0. The first-order chi connectivity index (χ1) is 10.9. The molecular formula is C16H15N5S. The predicted octanol–water partition coefficient (Wildman–Crippen LogP) is 3.41. The zero-order chi connectivity index (χ0) is 14.8. The zero-order valence-corrected chi connectivity index (χ0v) is 12.8.